The van der Waals surface area contributed by atoms with Crippen molar-refractivity contribution in [3.63, 3.8) is 0 Å². The number of ether oxygens (including phenoxy) is 2. The summed E-state index contributed by atoms with van der Waals surface area (Å²) >= 11 is 0. The third-order valence-electron chi connectivity index (χ3n) is 3.39. The third-order valence-corrected chi connectivity index (χ3v) is 3.39. The minimum absolute atomic E-state index is 0.494. The number of hydrogen-bond acceptors (Lipinski definition) is 5. The Morgan fingerprint density at radius 1 is 1.24 bits per heavy atom. The summed E-state index contributed by atoms with van der Waals surface area (Å²) in [6.07, 6.45) is 1.77. The predicted octanol–water partition coefficient (Wildman–Crippen LogP) is 2.21. The van der Waals surface area contributed by atoms with E-state index in [-0.39, 0.29) is 0 Å². The molecule has 0 fully saturated rings. The van der Waals surface area contributed by atoms with Gasteiger partial charge in [-0.05, 0) is 37.4 Å². The van der Waals surface area contributed by atoms with Crippen molar-refractivity contribution >= 4 is 16.6 Å². The average Bonchev–Trinajstić information content (AvgIpc) is 2.42. The zero-order valence-corrected chi connectivity index (χ0v) is 12.6. The average molecular weight is 288 g/mol. The molecule has 0 aliphatic carbocycles. The van der Waals surface area contributed by atoms with Gasteiger partial charge in [0.05, 0.1) is 5.60 Å². The highest BCUT2D eigenvalue weighted by Gasteiger charge is 2.20. The molecule has 0 amide bonds. The van der Waals surface area contributed by atoms with E-state index in [4.69, 9.17) is 9.47 Å². The summed E-state index contributed by atoms with van der Waals surface area (Å²) in [6, 6.07) is 5.90. The van der Waals surface area contributed by atoms with Crippen molar-refractivity contribution in [3.8, 4) is 11.5 Å². The Bertz CT molecular complexity index is 664. The molecule has 2 heterocycles. The van der Waals surface area contributed by atoms with Crippen LogP contribution in [-0.4, -0.2) is 42.5 Å². The number of likely N-dealkylation sites (N-methyl/N-ethyl adjacent to an activating group) is 1. The molecule has 1 aromatic carbocycles. The number of benzene rings is 1. The van der Waals surface area contributed by atoms with Crippen LogP contribution < -0.4 is 14.4 Å². The summed E-state index contributed by atoms with van der Waals surface area (Å²) in [7, 11) is 1.93. The van der Waals surface area contributed by atoms with Gasteiger partial charge in [0.2, 0.25) is 0 Å². The van der Waals surface area contributed by atoms with E-state index in [1.165, 1.54) is 0 Å². The second kappa shape index (κ2) is 5.07. The first-order valence-electron chi connectivity index (χ1n) is 7.06. The molecule has 3 rings (SSSR count). The maximum atomic E-state index is 10.00. The Labute approximate surface area is 124 Å². The number of aromatic nitrogens is 1. The first-order chi connectivity index (χ1) is 9.94. The second-order valence-corrected chi connectivity index (χ2v) is 6.02. The number of pyridine rings is 1. The molecule has 0 atom stereocenters. The fourth-order valence-corrected chi connectivity index (χ4v) is 2.65. The molecule has 2 aromatic rings. The minimum Gasteiger partial charge on any atom is -0.486 e. The Morgan fingerprint density at radius 3 is 2.57 bits per heavy atom. The van der Waals surface area contributed by atoms with Crippen LogP contribution in [0.5, 0.6) is 11.5 Å². The van der Waals surface area contributed by atoms with Gasteiger partial charge in [-0.1, -0.05) is 0 Å². The molecule has 1 aliphatic rings. The maximum Gasteiger partial charge on any atom is 0.162 e. The standard InChI is InChI=1S/C16H20N2O3/c1-16(2,19)10-18(3)15-12-9-14-13(20-6-7-21-14)8-11(12)4-5-17-15/h4-5,8-9,19H,6-7,10H2,1-3H3. The predicted molar refractivity (Wildman–Crippen MR) is 82.3 cm³/mol. The van der Waals surface area contributed by atoms with E-state index in [1.807, 2.05) is 30.1 Å². The molecule has 0 unspecified atom stereocenters. The summed E-state index contributed by atoms with van der Waals surface area (Å²) < 4.78 is 11.3. The zero-order valence-electron chi connectivity index (χ0n) is 12.6. The van der Waals surface area contributed by atoms with E-state index in [0.29, 0.717) is 19.8 Å². The Hall–Kier alpha value is -2.01. The SMILES string of the molecule is CN(CC(C)(C)O)c1nccc2cc3c(cc12)OCCO3. The van der Waals surface area contributed by atoms with Crippen molar-refractivity contribution in [1.29, 1.82) is 0 Å². The molecule has 0 bridgehead atoms. The van der Waals surface area contributed by atoms with Gasteiger partial charge in [0.15, 0.2) is 11.5 Å². The van der Waals surface area contributed by atoms with Crippen LogP contribution in [0.3, 0.4) is 0 Å². The molecule has 0 saturated carbocycles. The minimum atomic E-state index is -0.785. The van der Waals surface area contributed by atoms with E-state index < -0.39 is 5.60 Å². The Morgan fingerprint density at radius 2 is 1.90 bits per heavy atom. The molecule has 5 heteroatoms. The lowest BCUT2D eigenvalue weighted by atomic mass is 10.1. The zero-order chi connectivity index (χ0) is 15.0. The van der Waals surface area contributed by atoms with E-state index in [0.717, 1.165) is 28.1 Å². The van der Waals surface area contributed by atoms with E-state index >= 15 is 0 Å². The van der Waals surface area contributed by atoms with Crippen LogP contribution in [-0.2, 0) is 0 Å². The maximum absolute atomic E-state index is 10.00. The lowest BCUT2D eigenvalue weighted by Gasteiger charge is -2.27. The molecular weight excluding hydrogens is 268 g/mol. The number of fused-ring (bicyclic) bond motifs is 2. The quantitative estimate of drug-likeness (QED) is 0.938. The molecule has 112 valence electrons. The second-order valence-electron chi connectivity index (χ2n) is 6.02. The van der Waals surface area contributed by atoms with Crippen LogP contribution in [0.15, 0.2) is 24.4 Å². The van der Waals surface area contributed by atoms with Crippen molar-refractivity contribution in [2.24, 2.45) is 0 Å². The molecule has 21 heavy (non-hydrogen) atoms. The molecule has 0 spiro atoms. The van der Waals surface area contributed by atoms with Crippen molar-refractivity contribution in [3.05, 3.63) is 24.4 Å². The van der Waals surface area contributed by atoms with Gasteiger partial charge in [0.25, 0.3) is 0 Å². The van der Waals surface area contributed by atoms with Gasteiger partial charge in [-0.2, -0.15) is 0 Å². The summed E-state index contributed by atoms with van der Waals surface area (Å²) in [6.45, 7) is 5.21. The molecule has 1 aliphatic heterocycles. The fraction of sp³-hybridized carbons (Fsp3) is 0.438. The van der Waals surface area contributed by atoms with Crippen molar-refractivity contribution < 1.29 is 14.6 Å². The van der Waals surface area contributed by atoms with Crippen LogP contribution in [0.4, 0.5) is 5.82 Å². The first-order valence-corrected chi connectivity index (χ1v) is 7.06. The lowest BCUT2D eigenvalue weighted by molar-refractivity contribution is 0.0885. The highest BCUT2D eigenvalue weighted by atomic mass is 16.6. The van der Waals surface area contributed by atoms with Crippen LogP contribution in [0.25, 0.3) is 10.8 Å². The van der Waals surface area contributed by atoms with Gasteiger partial charge in [-0.25, -0.2) is 4.98 Å². The summed E-state index contributed by atoms with van der Waals surface area (Å²) in [5.41, 5.74) is -0.785. The number of aliphatic hydroxyl groups is 1. The highest BCUT2D eigenvalue weighted by molar-refractivity contribution is 5.94. The molecule has 0 radical (unpaired) electrons. The number of hydrogen-bond donors (Lipinski definition) is 1. The van der Waals surface area contributed by atoms with Crippen LogP contribution >= 0.6 is 0 Å². The van der Waals surface area contributed by atoms with Gasteiger partial charge >= 0.3 is 0 Å². The van der Waals surface area contributed by atoms with E-state index in [9.17, 15) is 5.11 Å². The number of rotatable bonds is 3. The normalized spacial score (nSPS) is 14.3. The van der Waals surface area contributed by atoms with Gasteiger partial charge in [0.1, 0.15) is 19.0 Å². The largest absolute Gasteiger partial charge is 0.486 e. The van der Waals surface area contributed by atoms with Gasteiger partial charge < -0.3 is 19.5 Å². The summed E-state index contributed by atoms with van der Waals surface area (Å²) in [5, 5.41) is 12.0. The monoisotopic (exact) mass is 288 g/mol. The van der Waals surface area contributed by atoms with E-state index in [2.05, 4.69) is 4.98 Å². The molecule has 1 aromatic heterocycles. The van der Waals surface area contributed by atoms with Gasteiger partial charge in [-0.15, -0.1) is 0 Å². The summed E-state index contributed by atoms with van der Waals surface area (Å²) in [4.78, 5) is 6.42. The number of anilines is 1. The van der Waals surface area contributed by atoms with Gasteiger partial charge in [-0.3, -0.25) is 0 Å². The molecule has 5 nitrogen and oxygen atoms in total. The first kappa shape index (κ1) is 13.9. The van der Waals surface area contributed by atoms with Crippen molar-refractivity contribution in [2.45, 2.75) is 19.4 Å². The third kappa shape index (κ3) is 2.88. The fourth-order valence-electron chi connectivity index (χ4n) is 2.65. The Balaban J connectivity index is 2.06. The van der Waals surface area contributed by atoms with Crippen LogP contribution in [0.2, 0.25) is 0 Å². The molecular formula is C16H20N2O3. The topological polar surface area (TPSA) is 54.8 Å². The molecule has 0 saturated heterocycles. The van der Waals surface area contributed by atoms with E-state index in [1.54, 1.807) is 20.0 Å². The summed E-state index contributed by atoms with van der Waals surface area (Å²) in [5.74, 6) is 2.35. The molecule has 1 N–H and O–H groups in total. The highest BCUT2D eigenvalue weighted by Crippen LogP contribution is 2.37. The van der Waals surface area contributed by atoms with Crippen molar-refractivity contribution in [1.82, 2.24) is 4.98 Å². The van der Waals surface area contributed by atoms with Crippen molar-refractivity contribution in [2.75, 3.05) is 31.7 Å². The lowest BCUT2D eigenvalue weighted by Crippen LogP contribution is -2.36. The van der Waals surface area contributed by atoms with Gasteiger partial charge in [0, 0.05) is 25.2 Å². The smallest absolute Gasteiger partial charge is 0.162 e. The number of nitrogens with zero attached hydrogens (tertiary/aromatic N) is 2. The van der Waals surface area contributed by atoms with Crippen LogP contribution in [0.1, 0.15) is 13.8 Å². The van der Waals surface area contributed by atoms with Crippen LogP contribution in [0, 0.1) is 0 Å². The Kier molecular flexibility index (Phi) is 3.37.